The monoisotopic (exact) mass is 801 g/mol. The lowest BCUT2D eigenvalue weighted by Crippen LogP contribution is -2.59. The van der Waals surface area contributed by atoms with Gasteiger partial charge in [0.25, 0.3) is 5.91 Å². The number of para-hydroxylation sites is 1. The predicted molar refractivity (Wildman–Crippen MR) is 225 cm³/mol. The number of carbonyl (C=O) groups is 5. The van der Waals surface area contributed by atoms with Gasteiger partial charge in [-0.2, -0.15) is 0 Å². The van der Waals surface area contributed by atoms with E-state index in [1.165, 1.54) is 16.8 Å². The van der Waals surface area contributed by atoms with Crippen LogP contribution < -0.4 is 15.4 Å². The first-order valence-corrected chi connectivity index (χ1v) is 21.0. The first kappa shape index (κ1) is 43.3. The largest absolute Gasteiger partial charge is 0.477 e. The highest BCUT2D eigenvalue weighted by atomic mass is 32.2. The highest BCUT2D eigenvalue weighted by Gasteiger charge is 2.43. The van der Waals surface area contributed by atoms with Crippen molar-refractivity contribution in [1.82, 2.24) is 24.8 Å². The standard InChI is InChI=1S/C44H59N5O7S/c1-8-28(2)36(39(51)47-57-31-22-23-31)45-38(50)34-21-15-25-48(34)40(52)37(43(3,4)5)46-42(55)56-27-44(6,7)24-13-12-16-29-17-14-20-33-32(29)26-35(41(53)54)49(33)30-18-10-9-11-19-30/h9-12,14,16-20,26,28,31,34,36-37H,8,13,15,21-25,27H2,1-7H3,(H,45,50)(H,46,55)(H,47,51)(H,53,54)/b16-12+/t28-,34?,36?,37+/m0/s1. The Kier molecular flexibility index (Phi) is 14.2. The molecular weight excluding hydrogens is 743 g/mol. The molecular formula is C44H59N5O7S. The van der Waals surface area contributed by atoms with Crippen molar-refractivity contribution in [2.75, 3.05) is 13.2 Å². The molecule has 1 aliphatic carbocycles. The number of alkyl carbamates (subject to hydrolysis) is 1. The maximum absolute atomic E-state index is 14.1. The number of aromatic carboxylic acids is 1. The lowest BCUT2D eigenvalue weighted by Gasteiger charge is -2.36. The highest BCUT2D eigenvalue weighted by molar-refractivity contribution is 7.98. The Morgan fingerprint density at radius 3 is 2.35 bits per heavy atom. The zero-order valence-electron chi connectivity index (χ0n) is 34.3. The highest BCUT2D eigenvalue weighted by Crippen LogP contribution is 2.33. The molecule has 4 N–H and O–H groups in total. The van der Waals surface area contributed by atoms with Crippen molar-refractivity contribution in [3.8, 4) is 5.69 Å². The van der Waals surface area contributed by atoms with Gasteiger partial charge >= 0.3 is 12.1 Å². The second kappa shape index (κ2) is 18.7. The Balaban J connectivity index is 1.17. The zero-order valence-corrected chi connectivity index (χ0v) is 35.1. The van der Waals surface area contributed by atoms with Crippen molar-refractivity contribution in [2.24, 2.45) is 16.7 Å². The van der Waals surface area contributed by atoms with Crippen LogP contribution in [0.15, 0.2) is 60.7 Å². The fraction of sp³-hybridized carbons (Fsp3) is 0.523. The number of carboxylic acids is 1. The molecule has 4 amide bonds. The van der Waals surface area contributed by atoms with Crippen LogP contribution in [-0.2, 0) is 19.1 Å². The van der Waals surface area contributed by atoms with Gasteiger partial charge < -0.3 is 29.9 Å². The maximum Gasteiger partial charge on any atom is 0.407 e. The van der Waals surface area contributed by atoms with Crippen LogP contribution in [0.1, 0.15) is 109 Å². The molecule has 1 saturated heterocycles. The maximum atomic E-state index is 14.1. The van der Waals surface area contributed by atoms with Crippen LogP contribution >= 0.6 is 11.9 Å². The number of benzene rings is 2. The van der Waals surface area contributed by atoms with E-state index in [9.17, 15) is 29.1 Å². The normalized spacial score (nSPS) is 17.6. The number of rotatable bonds is 17. The molecule has 1 aromatic heterocycles. The number of aromatic nitrogens is 1. The molecule has 0 bridgehead atoms. The topological polar surface area (TPSA) is 159 Å². The zero-order chi connectivity index (χ0) is 41.5. The van der Waals surface area contributed by atoms with E-state index in [2.05, 4.69) is 15.4 Å². The third-order valence-electron chi connectivity index (χ3n) is 10.8. The molecule has 13 heteroatoms. The Morgan fingerprint density at radius 1 is 0.982 bits per heavy atom. The van der Waals surface area contributed by atoms with Crippen molar-refractivity contribution in [3.63, 3.8) is 0 Å². The lowest BCUT2D eigenvalue weighted by atomic mass is 9.85. The van der Waals surface area contributed by atoms with Gasteiger partial charge in [0.05, 0.1) is 12.1 Å². The van der Waals surface area contributed by atoms with Gasteiger partial charge in [0.1, 0.15) is 23.8 Å². The van der Waals surface area contributed by atoms with E-state index in [1.807, 2.05) is 109 Å². The summed E-state index contributed by atoms with van der Waals surface area (Å²) in [4.78, 5) is 67.8. The quantitative estimate of drug-likeness (QED) is 0.101. The van der Waals surface area contributed by atoms with Crippen LogP contribution in [0.3, 0.4) is 0 Å². The molecule has 1 aliphatic heterocycles. The van der Waals surface area contributed by atoms with Gasteiger partial charge in [-0.1, -0.05) is 97.4 Å². The second-order valence-electron chi connectivity index (χ2n) is 17.3. The average Bonchev–Trinajstić information content (AvgIpc) is 3.71. The smallest absolute Gasteiger partial charge is 0.407 e. The molecule has 57 heavy (non-hydrogen) atoms. The summed E-state index contributed by atoms with van der Waals surface area (Å²) in [5.74, 6) is -2.06. The minimum Gasteiger partial charge on any atom is -0.477 e. The molecule has 2 aliphatic rings. The number of carbonyl (C=O) groups excluding carboxylic acids is 4. The number of nitrogens with one attached hydrogen (secondary N) is 3. The molecule has 2 fully saturated rings. The SMILES string of the molecule is CC[C@H](C)C(NC(=O)C1CCCN1C(=O)[C@@H](NC(=O)OCC(C)(C)CC/C=C/c1cccc2c1cc(C(=O)O)n2-c1ccccc1)C(C)(C)C)C(=O)NSC1CC1. The summed E-state index contributed by atoms with van der Waals surface area (Å²) in [6, 6.07) is 14.5. The minimum absolute atomic E-state index is 0.0964. The van der Waals surface area contributed by atoms with Crippen LogP contribution in [0, 0.1) is 16.7 Å². The summed E-state index contributed by atoms with van der Waals surface area (Å²) in [7, 11) is 0. The number of allylic oxidation sites excluding steroid dienone is 1. The fourth-order valence-corrected chi connectivity index (χ4v) is 7.83. The third-order valence-corrected chi connectivity index (χ3v) is 12.0. The Morgan fingerprint density at radius 2 is 1.70 bits per heavy atom. The van der Waals surface area contributed by atoms with E-state index in [4.69, 9.17) is 4.74 Å². The molecule has 308 valence electrons. The summed E-state index contributed by atoms with van der Waals surface area (Å²) < 4.78 is 10.4. The number of carboxylic acid groups (broad SMARTS) is 1. The molecule has 2 heterocycles. The molecule has 2 unspecified atom stereocenters. The molecule has 4 atom stereocenters. The Labute approximate surface area is 340 Å². The van der Waals surface area contributed by atoms with Gasteiger partial charge in [-0.25, -0.2) is 9.59 Å². The van der Waals surface area contributed by atoms with Crippen LogP contribution in [0.4, 0.5) is 4.79 Å². The number of amides is 4. The molecule has 5 rings (SSSR count). The molecule has 3 aromatic rings. The van der Waals surface area contributed by atoms with E-state index < -0.39 is 41.0 Å². The summed E-state index contributed by atoms with van der Waals surface area (Å²) in [5.41, 5.74) is 1.58. The Bertz CT molecular complexity index is 1950. The van der Waals surface area contributed by atoms with Gasteiger partial charge in [0, 0.05) is 22.9 Å². The van der Waals surface area contributed by atoms with Crippen LogP contribution in [0.5, 0.6) is 0 Å². The summed E-state index contributed by atoms with van der Waals surface area (Å²) in [6.45, 7) is 14.0. The van der Waals surface area contributed by atoms with Gasteiger partial charge in [-0.05, 0) is 97.0 Å². The molecule has 1 saturated carbocycles. The third kappa shape index (κ3) is 11.2. The van der Waals surface area contributed by atoms with Gasteiger partial charge in [0.2, 0.25) is 11.8 Å². The lowest BCUT2D eigenvalue weighted by molar-refractivity contribution is -0.142. The number of likely N-dealkylation sites (tertiary alicyclic amines) is 1. The fourth-order valence-electron chi connectivity index (χ4n) is 7.05. The minimum atomic E-state index is -1.01. The van der Waals surface area contributed by atoms with E-state index in [-0.39, 0.29) is 35.9 Å². The van der Waals surface area contributed by atoms with Crippen LogP contribution in [0.2, 0.25) is 0 Å². The second-order valence-corrected chi connectivity index (χ2v) is 18.4. The average molecular weight is 802 g/mol. The first-order valence-electron chi connectivity index (χ1n) is 20.1. The van der Waals surface area contributed by atoms with Crippen molar-refractivity contribution < 1.29 is 33.8 Å². The van der Waals surface area contributed by atoms with Gasteiger partial charge in [0.15, 0.2) is 0 Å². The van der Waals surface area contributed by atoms with E-state index in [0.29, 0.717) is 43.9 Å². The molecule has 0 spiro atoms. The summed E-state index contributed by atoms with van der Waals surface area (Å²) >= 11 is 1.41. The first-order chi connectivity index (χ1) is 27.0. The molecule has 12 nitrogen and oxygen atoms in total. The summed E-state index contributed by atoms with van der Waals surface area (Å²) in [6.07, 6.45) is 8.63. The van der Waals surface area contributed by atoms with Crippen molar-refractivity contribution in [2.45, 2.75) is 117 Å². The summed E-state index contributed by atoms with van der Waals surface area (Å²) in [5, 5.41) is 17.0. The number of hydrogen-bond donors (Lipinski definition) is 4. The van der Waals surface area contributed by atoms with Crippen molar-refractivity contribution >= 4 is 58.7 Å². The van der Waals surface area contributed by atoms with E-state index >= 15 is 0 Å². The molecule has 2 aromatic carbocycles. The van der Waals surface area contributed by atoms with Gasteiger partial charge in [-0.3, -0.25) is 19.1 Å². The van der Waals surface area contributed by atoms with Crippen LogP contribution in [0.25, 0.3) is 22.7 Å². The van der Waals surface area contributed by atoms with E-state index in [0.717, 1.165) is 35.0 Å². The molecule has 0 radical (unpaired) electrons. The van der Waals surface area contributed by atoms with Crippen LogP contribution in [-0.4, -0.2) is 80.9 Å². The van der Waals surface area contributed by atoms with Crippen molar-refractivity contribution in [1.29, 1.82) is 0 Å². The Hall–Kier alpha value is -4.78. The van der Waals surface area contributed by atoms with Crippen molar-refractivity contribution in [3.05, 3.63) is 71.9 Å². The van der Waals surface area contributed by atoms with Gasteiger partial charge in [-0.15, -0.1) is 0 Å². The number of hydrogen-bond acceptors (Lipinski definition) is 7. The number of ether oxygens (including phenoxy) is 1. The number of nitrogens with zero attached hydrogens (tertiary/aromatic N) is 2. The van der Waals surface area contributed by atoms with E-state index in [1.54, 1.807) is 10.6 Å². The number of fused-ring (bicyclic) bond motifs is 1. The predicted octanol–water partition coefficient (Wildman–Crippen LogP) is 7.74.